The Hall–Kier alpha value is -1.33. The molecule has 0 saturated heterocycles. The minimum Gasteiger partial charge on any atom is -0.383 e. The number of nitrogens with zero attached hydrogens (tertiary/aromatic N) is 2. The van der Waals surface area contributed by atoms with Crippen LogP contribution in [0.3, 0.4) is 0 Å². The Labute approximate surface area is 109 Å². The fourth-order valence-electron chi connectivity index (χ4n) is 1.67. The van der Waals surface area contributed by atoms with Crippen LogP contribution in [-0.4, -0.2) is 16.9 Å². The molecule has 0 spiro atoms. The van der Waals surface area contributed by atoms with Crippen LogP contribution in [0.5, 0.6) is 0 Å². The van der Waals surface area contributed by atoms with E-state index in [2.05, 4.69) is 27.1 Å². The molecule has 90 valence electrons. The summed E-state index contributed by atoms with van der Waals surface area (Å²) in [6.07, 6.45) is 1.70. The predicted octanol–water partition coefficient (Wildman–Crippen LogP) is 2.42. The maximum absolute atomic E-state index is 5.90. The third-order valence-electron chi connectivity index (χ3n) is 2.57. The van der Waals surface area contributed by atoms with Crippen LogP contribution in [0.15, 0.2) is 34.9 Å². The number of nitrogen functional groups attached to an aromatic ring is 1. The van der Waals surface area contributed by atoms with Crippen LogP contribution < -0.4 is 5.73 Å². The Balaban J connectivity index is 2.26. The number of halogens is 1. The van der Waals surface area contributed by atoms with E-state index >= 15 is 0 Å². The van der Waals surface area contributed by atoms with Crippen LogP contribution in [0.2, 0.25) is 0 Å². The lowest BCUT2D eigenvalue weighted by atomic mass is 10.1. The average Bonchev–Trinajstić information content (AvgIpc) is 2.64. The Kier molecular flexibility index (Phi) is 3.81. The standard InChI is InChI=1S/C12H14BrN3O/c1-17-8-10-5-3-2-4-9(10)7-16-12(14)11(13)6-15-16/h2-6H,7-8,14H2,1H3. The van der Waals surface area contributed by atoms with E-state index in [1.54, 1.807) is 18.0 Å². The molecule has 0 aliphatic rings. The summed E-state index contributed by atoms with van der Waals surface area (Å²) < 4.78 is 7.76. The highest BCUT2D eigenvalue weighted by atomic mass is 79.9. The van der Waals surface area contributed by atoms with Gasteiger partial charge in [-0.1, -0.05) is 24.3 Å². The second kappa shape index (κ2) is 5.33. The monoisotopic (exact) mass is 295 g/mol. The van der Waals surface area contributed by atoms with Crippen LogP contribution >= 0.6 is 15.9 Å². The molecule has 5 heteroatoms. The van der Waals surface area contributed by atoms with Crippen LogP contribution in [0.1, 0.15) is 11.1 Å². The second-order valence-corrected chi connectivity index (χ2v) is 4.59. The smallest absolute Gasteiger partial charge is 0.136 e. The molecular weight excluding hydrogens is 282 g/mol. The van der Waals surface area contributed by atoms with E-state index in [9.17, 15) is 0 Å². The molecule has 0 radical (unpaired) electrons. The first kappa shape index (κ1) is 12.1. The number of ether oxygens (including phenoxy) is 1. The van der Waals surface area contributed by atoms with E-state index < -0.39 is 0 Å². The van der Waals surface area contributed by atoms with Crippen molar-refractivity contribution in [1.29, 1.82) is 0 Å². The first-order chi connectivity index (χ1) is 8.22. The number of hydrogen-bond acceptors (Lipinski definition) is 3. The molecule has 17 heavy (non-hydrogen) atoms. The van der Waals surface area contributed by atoms with Crippen LogP contribution in [0, 0.1) is 0 Å². The zero-order valence-electron chi connectivity index (χ0n) is 9.56. The summed E-state index contributed by atoms with van der Waals surface area (Å²) in [7, 11) is 1.69. The van der Waals surface area contributed by atoms with Gasteiger partial charge in [0, 0.05) is 7.11 Å². The fourth-order valence-corrected chi connectivity index (χ4v) is 1.96. The summed E-state index contributed by atoms with van der Waals surface area (Å²) in [5, 5.41) is 4.22. The zero-order valence-corrected chi connectivity index (χ0v) is 11.1. The first-order valence-corrected chi connectivity index (χ1v) is 6.04. The molecule has 0 aliphatic carbocycles. The highest BCUT2D eigenvalue weighted by Gasteiger charge is 2.07. The van der Waals surface area contributed by atoms with Crippen LogP contribution in [0.4, 0.5) is 5.82 Å². The summed E-state index contributed by atoms with van der Waals surface area (Å²) in [5.41, 5.74) is 8.21. The Morgan fingerprint density at radius 2 is 2.06 bits per heavy atom. The molecule has 0 atom stereocenters. The van der Waals surface area contributed by atoms with Crippen molar-refractivity contribution in [3.05, 3.63) is 46.1 Å². The molecule has 4 nitrogen and oxygen atoms in total. The van der Waals surface area contributed by atoms with Crippen LogP contribution in [-0.2, 0) is 17.9 Å². The van der Waals surface area contributed by atoms with Crippen molar-refractivity contribution in [1.82, 2.24) is 9.78 Å². The molecule has 2 aromatic rings. The molecule has 0 fully saturated rings. The molecule has 2 rings (SSSR count). The third-order valence-corrected chi connectivity index (χ3v) is 3.18. The van der Waals surface area contributed by atoms with E-state index in [4.69, 9.17) is 10.5 Å². The average molecular weight is 296 g/mol. The summed E-state index contributed by atoms with van der Waals surface area (Å²) in [6.45, 7) is 1.25. The molecule has 0 saturated carbocycles. The van der Waals surface area contributed by atoms with Gasteiger partial charge in [-0.3, -0.25) is 0 Å². The number of methoxy groups -OCH3 is 1. The SMILES string of the molecule is COCc1ccccc1Cn1ncc(Br)c1N. The quantitative estimate of drug-likeness (QED) is 0.942. The maximum atomic E-state index is 5.90. The van der Waals surface area contributed by atoms with E-state index in [0.717, 1.165) is 15.6 Å². The van der Waals surface area contributed by atoms with Gasteiger partial charge in [-0.25, -0.2) is 4.68 Å². The predicted molar refractivity (Wildman–Crippen MR) is 70.6 cm³/mol. The van der Waals surface area contributed by atoms with Crippen molar-refractivity contribution in [2.24, 2.45) is 0 Å². The lowest BCUT2D eigenvalue weighted by Gasteiger charge is -2.09. The minimum absolute atomic E-state index is 0.596. The van der Waals surface area contributed by atoms with Crippen molar-refractivity contribution in [3.63, 3.8) is 0 Å². The third kappa shape index (κ3) is 2.68. The van der Waals surface area contributed by atoms with Gasteiger partial charge in [0.1, 0.15) is 5.82 Å². The molecule has 2 N–H and O–H groups in total. The van der Waals surface area contributed by atoms with Gasteiger partial charge in [0.25, 0.3) is 0 Å². The van der Waals surface area contributed by atoms with Gasteiger partial charge in [0.05, 0.1) is 23.8 Å². The van der Waals surface area contributed by atoms with Gasteiger partial charge >= 0.3 is 0 Å². The summed E-state index contributed by atoms with van der Waals surface area (Å²) >= 11 is 3.35. The Bertz CT molecular complexity index is 510. The summed E-state index contributed by atoms with van der Waals surface area (Å²) in [4.78, 5) is 0. The number of rotatable bonds is 4. The fraction of sp³-hybridized carbons (Fsp3) is 0.250. The number of benzene rings is 1. The normalized spacial score (nSPS) is 10.7. The molecular formula is C12H14BrN3O. The van der Waals surface area contributed by atoms with E-state index in [1.165, 1.54) is 0 Å². The molecule has 1 aromatic carbocycles. The highest BCUT2D eigenvalue weighted by molar-refractivity contribution is 9.10. The highest BCUT2D eigenvalue weighted by Crippen LogP contribution is 2.20. The molecule has 0 bridgehead atoms. The number of nitrogens with two attached hydrogens (primary N) is 1. The van der Waals surface area contributed by atoms with Crippen molar-refractivity contribution in [2.45, 2.75) is 13.2 Å². The molecule has 0 aliphatic heterocycles. The second-order valence-electron chi connectivity index (χ2n) is 3.74. The summed E-state index contributed by atoms with van der Waals surface area (Å²) in [6, 6.07) is 8.11. The van der Waals surface area contributed by atoms with Gasteiger partial charge in [0.15, 0.2) is 0 Å². The lowest BCUT2D eigenvalue weighted by molar-refractivity contribution is 0.184. The topological polar surface area (TPSA) is 53.1 Å². The van der Waals surface area contributed by atoms with E-state index in [1.807, 2.05) is 18.2 Å². The molecule has 1 heterocycles. The van der Waals surface area contributed by atoms with Crippen molar-refractivity contribution < 1.29 is 4.74 Å². The zero-order chi connectivity index (χ0) is 12.3. The first-order valence-electron chi connectivity index (χ1n) is 5.25. The van der Waals surface area contributed by atoms with E-state index in [-0.39, 0.29) is 0 Å². The Morgan fingerprint density at radius 1 is 1.35 bits per heavy atom. The van der Waals surface area contributed by atoms with Gasteiger partial charge in [-0.15, -0.1) is 0 Å². The Morgan fingerprint density at radius 3 is 2.65 bits per heavy atom. The van der Waals surface area contributed by atoms with E-state index in [0.29, 0.717) is 19.0 Å². The van der Waals surface area contributed by atoms with Gasteiger partial charge in [-0.05, 0) is 27.1 Å². The molecule has 0 unspecified atom stereocenters. The van der Waals surface area contributed by atoms with Crippen molar-refractivity contribution in [2.75, 3.05) is 12.8 Å². The van der Waals surface area contributed by atoms with Crippen molar-refractivity contribution in [3.8, 4) is 0 Å². The number of anilines is 1. The minimum atomic E-state index is 0.596. The van der Waals surface area contributed by atoms with Gasteiger partial charge in [-0.2, -0.15) is 5.10 Å². The van der Waals surface area contributed by atoms with Crippen molar-refractivity contribution >= 4 is 21.7 Å². The number of aromatic nitrogens is 2. The van der Waals surface area contributed by atoms with Crippen LogP contribution in [0.25, 0.3) is 0 Å². The van der Waals surface area contributed by atoms with Gasteiger partial charge in [0.2, 0.25) is 0 Å². The largest absolute Gasteiger partial charge is 0.383 e. The lowest BCUT2D eigenvalue weighted by Crippen LogP contribution is -2.08. The molecule has 0 amide bonds. The maximum Gasteiger partial charge on any atom is 0.136 e. The van der Waals surface area contributed by atoms with Gasteiger partial charge < -0.3 is 10.5 Å². The summed E-state index contributed by atoms with van der Waals surface area (Å²) in [5.74, 6) is 0.636. The molecule has 1 aromatic heterocycles. The number of hydrogen-bond donors (Lipinski definition) is 1.